The first-order valence-corrected chi connectivity index (χ1v) is 26.7. The largest absolute Gasteiger partial charge is 0.469 e. The minimum Gasteiger partial charge on any atom is -0.469 e. The van der Waals surface area contributed by atoms with Crippen molar-refractivity contribution >= 4 is 35.4 Å². The molecule has 0 amide bonds. The van der Waals surface area contributed by atoms with Gasteiger partial charge in [0, 0.05) is 55.3 Å². The maximum absolute atomic E-state index is 13.6. The van der Waals surface area contributed by atoms with Gasteiger partial charge in [-0.3, -0.25) is 29.0 Å². The lowest BCUT2D eigenvalue weighted by Gasteiger charge is -2.39. The Morgan fingerprint density at radius 3 is 1.55 bits per heavy atom. The molecule has 0 radical (unpaired) electrons. The minimum atomic E-state index is -2.16. The van der Waals surface area contributed by atoms with Crippen LogP contribution in [0.4, 0.5) is 0 Å². The fourth-order valence-electron chi connectivity index (χ4n) is 13.3. The number of nitrogens with zero attached hydrogens (tertiary/aromatic N) is 2. The van der Waals surface area contributed by atoms with Gasteiger partial charge in [-0.2, -0.15) is 0 Å². The number of benzene rings is 2. The van der Waals surface area contributed by atoms with Crippen molar-refractivity contribution in [2.45, 2.75) is 186 Å². The zero-order valence-electron chi connectivity index (χ0n) is 44.5. The van der Waals surface area contributed by atoms with E-state index in [-0.39, 0.29) is 71.1 Å². The number of fused-ring (bicyclic) bond motifs is 6. The second kappa shape index (κ2) is 23.0. The highest BCUT2D eigenvalue weighted by Crippen LogP contribution is 2.57. The van der Waals surface area contributed by atoms with Crippen molar-refractivity contribution in [1.82, 2.24) is 9.80 Å². The van der Waals surface area contributed by atoms with E-state index >= 15 is 0 Å². The molecular formula is C59H82N2O16. The number of esters is 4. The molecule has 2 N–H and O–H groups in total. The Bertz CT molecular complexity index is 2610. The average molecular weight is 1080 g/mol. The number of rotatable bonds is 14. The zero-order valence-corrected chi connectivity index (χ0v) is 44.5. The number of hydrogen-bond acceptors (Lipinski definition) is 18. The van der Waals surface area contributed by atoms with E-state index in [1.54, 1.807) is 6.08 Å². The first-order valence-electron chi connectivity index (χ1n) is 26.7. The van der Waals surface area contributed by atoms with E-state index in [1.807, 2.05) is 51.1 Å². The average Bonchev–Trinajstić information content (AvgIpc) is 4.24. The van der Waals surface area contributed by atoms with Crippen LogP contribution in [0.3, 0.4) is 0 Å². The lowest BCUT2D eigenvalue weighted by molar-refractivity contribution is -0.179. The predicted octanol–water partition coefficient (Wildman–Crippen LogP) is 7.23. The van der Waals surface area contributed by atoms with Crippen LogP contribution in [0, 0.1) is 11.3 Å². The number of hydrogen-bond donors (Lipinski definition) is 2. The maximum atomic E-state index is 13.6. The van der Waals surface area contributed by atoms with Crippen molar-refractivity contribution in [2.75, 3.05) is 54.0 Å². The molecule has 2 saturated carbocycles. The van der Waals surface area contributed by atoms with Crippen molar-refractivity contribution in [3.63, 3.8) is 0 Å². The van der Waals surface area contributed by atoms with Gasteiger partial charge in [0.15, 0.2) is 58.0 Å². The fourth-order valence-corrected chi connectivity index (χ4v) is 13.3. The second-order valence-corrected chi connectivity index (χ2v) is 23.4. The van der Waals surface area contributed by atoms with Gasteiger partial charge >= 0.3 is 23.9 Å². The standard InChI is InChI=1S/C29H37NO8.C28H37NO8.2CH4/c1-27(2,3)8-5-10-29(34,16-23(32)35-4)26(33)38-25-20(31)15-28-9-6-11-30(28)12-7-18-13-21-22(37-17-36-21)14-19(18)24(25)28;1-17(2)6-4-9-28(33,15-23(31)34-3)26(32)37-25-20(30)14-27-8-5-10-29(27)11-7-18-12-21-22(36-16-35-21)13-19(18)24(25)27;;/h5,8,13-14,24-25,34H,6-7,9-12,15-17H2,1-4H3;12-13,17,24-25,33H,4-11,14-16H2,1-3H3;2*1H4/b8-5+;;;/t24-,25-,28+,29-;24-,25-,27+,28-;;/m11../s1. The molecule has 8 aliphatic rings. The number of allylic oxidation sites excluding steroid dienone is 1. The summed E-state index contributed by atoms with van der Waals surface area (Å²) in [7, 11) is 2.42. The van der Waals surface area contributed by atoms with Gasteiger partial charge in [0.25, 0.3) is 0 Å². The monoisotopic (exact) mass is 1070 g/mol. The summed E-state index contributed by atoms with van der Waals surface area (Å²) in [5, 5.41) is 22.8. The third-order valence-electron chi connectivity index (χ3n) is 16.9. The Kier molecular flexibility index (Phi) is 17.7. The molecule has 6 aliphatic heterocycles. The summed E-state index contributed by atoms with van der Waals surface area (Å²) >= 11 is 0. The number of carbonyl (C=O) groups is 6. The van der Waals surface area contributed by atoms with Crippen molar-refractivity contribution in [3.05, 3.63) is 58.7 Å². The smallest absolute Gasteiger partial charge is 0.339 e. The highest BCUT2D eigenvalue weighted by atomic mass is 16.7. The molecule has 424 valence electrons. The van der Waals surface area contributed by atoms with Crippen LogP contribution in [0.1, 0.15) is 161 Å². The molecule has 2 aliphatic carbocycles. The number of Topliss-reactive ketones (excluding diaryl/α,β-unsaturated/α-hetero) is 2. The molecule has 0 bridgehead atoms. The first kappa shape index (κ1) is 59.1. The molecule has 18 heteroatoms. The van der Waals surface area contributed by atoms with Crippen molar-refractivity contribution in [3.8, 4) is 23.0 Å². The van der Waals surface area contributed by atoms with Gasteiger partial charge in [0.05, 0.1) is 27.1 Å². The molecule has 18 nitrogen and oxygen atoms in total. The summed E-state index contributed by atoms with van der Waals surface area (Å²) < 4.78 is 43.9. The van der Waals surface area contributed by atoms with E-state index in [0.29, 0.717) is 35.3 Å². The van der Waals surface area contributed by atoms with Crippen LogP contribution < -0.4 is 18.9 Å². The quantitative estimate of drug-likeness (QED) is 0.108. The zero-order chi connectivity index (χ0) is 53.7. The van der Waals surface area contributed by atoms with Crippen LogP contribution in [0.5, 0.6) is 23.0 Å². The summed E-state index contributed by atoms with van der Waals surface area (Å²) in [4.78, 5) is 83.3. The molecule has 8 atom stereocenters. The van der Waals surface area contributed by atoms with Crippen LogP contribution in [0.15, 0.2) is 36.4 Å². The molecule has 77 heavy (non-hydrogen) atoms. The van der Waals surface area contributed by atoms with Gasteiger partial charge in [-0.1, -0.05) is 68.0 Å². The summed E-state index contributed by atoms with van der Waals surface area (Å²) in [6.45, 7) is 13.7. The lowest BCUT2D eigenvalue weighted by atomic mass is 9.78. The van der Waals surface area contributed by atoms with E-state index in [1.165, 1.54) is 14.2 Å². The number of methoxy groups -OCH3 is 2. The molecule has 2 spiro atoms. The van der Waals surface area contributed by atoms with Crippen LogP contribution in [-0.4, -0.2) is 144 Å². The van der Waals surface area contributed by atoms with Gasteiger partial charge in [-0.15, -0.1) is 0 Å². The van der Waals surface area contributed by atoms with E-state index in [4.69, 9.17) is 37.9 Å². The van der Waals surface area contributed by atoms with Crippen molar-refractivity contribution < 1.29 is 76.9 Å². The van der Waals surface area contributed by atoms with Crippen molar-refractivity contribution in [1.29, 1.82) is 0 Å². The molecule has 0 unspecified atom stereocenters. The topological polar surface area (TPSA) is 223 Å². The van der Waals surface area contributed by atoms with E-state index in [0.717, 1.165) is 93.4 Å². The number of ether oxygens (including phenoxy) is 8. The van der Waals surface area contributed by atoms with Gasteiger partial charge in [0.2, 0.25) is 13.6 Å². The third kappa shape index (κ3) is 11.5. The lowest BCUT2D eigenvalue weighted by Crippen LogP contribution is -2.49. The number of ketones is 2. The third-order valence-corrected chi connectivity index (χ3v) is 16.9. The van der Waals surface area contributed by atoms with E-state index < -0.39 is 83.0 Å². The highest BCUT2D eigenvalue weighted by Gasteiger charge is 2.63. The molecule has 2 saturated heterocycles. The van der Waals surface area contributed by atoms with Crippen LogP contribution in [0.2, 0.25) is 0 Å². The normalized spacial score (nSPS) is 27.1. The number of aliphatic hydroxyl groups is 2. The Morgan fingerprint density at radius 1 is 0.688 bits per heavy atom. The van der Waals surface area contributed by atoms with Crippen LogP contribution in [0.25, 0.3) is 0 Å². The molecule has 6 heterocycles. The fraction of sp³-hybridized carbons (Fsp3) is 0.661. The van der Waals surface area contributed by atoms with Gasteiger partial charge in [-0.25, -0.2) is 9.59 Å². The van der Waals surface area contributed by atoms with Gasteiger partial charge in [-0.05, 0) is 122 Å². The predicted molar refractivity (Wildman–Crippen MR) is 283 cm³/mol. The molecule has 0 aromatic heterocycles. The molecule has 2 aromatic carbocycles. The molecule has 4 fully saturated rings. The number of carbonyl (C=O) groups excluding carboxylic acids is 6. The molecular weight excluding hydrogens is 993 g/mol. The Balaban J connectivity index is 0.000000218. The van der Waals surface area contributed by atoms with E-state index in [9.17, 15) is 39.0 Å². The van der Waals surface area contributed by atoms with Gasteiger partial charge in [0.1, 0.15) is 0 Å². The summed E-state index contributed by atoms with van der Waals surface area (Å²) in [6, 6.07) is 7.82. The Hall–Kier alpha value is -5.56. The maximum Gasteiger partial charge on any atom is 0.339 e. The van der Waals surface area contributed by atoms with Crippen LogP contribution in [-0.2, 0) is 60.6 Å². The first-order chi connectivity index (χ1) is 35.6. The highest BCUT2D eigenvalue weighted by molar-refractivity contribution is 5.95. The molecule has 2 aromatic rings. The van der Waals surface area contributed by atoms with Crippen molar-refractivity contribution in [2.24, 2.45) is 11.3 Å². The van der Waals surface area contributed by atoms with Crippen LogP contribution >= 0.6 is 0 Å². The summed E-state index contributed by atoms with van der Waals surface area (Å²) in [5.74, 6) is -1.53. The SMILES string of the molecule is C.C.COC(=O)C[C@](O)(C/C=C/C(C)(C)C)C(=O)O[C@@H]1C(=O)C[C@]23CCCN2CCc2cc4c(cc2[C@H]13)OCO4.COC(=O)C[C@](O)(CCCC(C)C)C(=O)O[C@@H]1C(=O)C[C@]23CCCN2CCc2cc4c(cc2[C@H]13)OCO4. The van der Waals surface area contributed by atoms with Gasteiger partial charge < -0.3 is 48.1 Å². The minimum absolute atomic E-state index is 0. The Morgan fingerprint density at radius 2 is 1.12 bits per heavy atom. The van der Waals surface area contributed by atoms with E-state index in [2.05, 4.69) is 23.6 Å². The molecule has 10 rings (SSSR count). The second-order valence-electron chi connectivity index (χ2n) is 23.4. The Labute approximate surface area is 453 Å². The summed E-state index contributed by atoms with van der Waals surface area (Å²) in [5.41, 5.74) is -1.36. The summed E-state index contributed by atoms with van der Waals surface area (Å²) in [6.07, 6.45) is 7.20.